The molecule has 2 heterocycles. The summed E-state index contributed by atoms with van der Waals surface area (Å²) >= 11 is 0.960. The predicted molar refractivity (Wildman–Crippen MR) is 105 cm³/mol. The second kappa shape index (κ2) is 8.70. The number of aryl methyl sites for hydroxylation is 2. The molecule has 0 saturated heterocycles. The maximum Gasteiger partial charge on any atom is 0.290 e. The van der Waals surface area contributed by atoms with Crippen LogP contribution in [0.1, 0.15) is 52.5 Å². The van der Waals surface area contributed by atoms with E-state index < -0.39 is 11.8 Å². The largest absolute Gasteiger partial charge is 0.290 e. The first-order valence-electron chi connectivity index (χ1n) is 8.98. The Morgan fingerprint density at radius 1 is 1.11 bits per heavy atom. The Hall–Kier alpha value is -3.14. The molecule has 0 unspecified atom stereocenters. The van der Waals surface area contributed by atoms with Gasteiger partial charge >= 0.3 is 0 Å². The highest BCUT2D eigenvalue weighted by Crippen LogP contribution is 2.14. The molecule has 3 aromatic rings. The molecule has 146 valence electrons. The molecule has 0 aliphatic rings. The highest BCUT2D eigenvalue weighted by atomic mass is 32.1. The van der Waals surface area contributed by atoms with Crippen molar-refractivity contribution >= 4 is 34.1 Å². The number of carbonyl (C=O) groups excluding carboxylic acids is 2. The van der Waals surface area contributed by atoms with E-state index in [1.807, 2.05) is 13.8 Å². The predicted octanol–water partition coefficient (Wildman–Crippen LogP) is 1.69. The summed E-state index contributed by atoms with van der Waals surface area (Å²) < 4.78 is 5.05. The number of fused-ring (bicyclic) bond motifs is 1. The molecule has 0 bridgehead atoms. The Morgan fingerprint density at radius 2 is 1.82 bits per heavy atom. The van der Waals surface area contributed by atoms with Gasteiger partial charge in [-0.05, 0) is 30.4 Å². The van der Waals surface area contributed by atoms with Crippen LogP contribution in [-0.2, 0) is 13.0 Å². The van der Waals surface area contributed by atoms with E-state index in [4.69, 9.17) is 0 Å². The van der Waals surface area contributed by atoms with Crippen molar-refractivity contribution in [2.75, 3.05) is 0 Å². The number of carbonyl (C=O) groups is 2. The highest BCUT2D eigenvalue weighted by molar-refractivity contribution is 7.08. The summed E-state index contributed by atoms with van der Waals surface area (Å²) in [4.78, 5) is 37.9. The van der Waals surface area contributed by atoms with Crippen molar-refractivity contribution in [3.05, 3.63) is 50.9 Å². The highest BCUT2D eigenvalue weighted by Gasteiger charge is 2.19. The lowest BCUT2D eigenvalue weighted by molar-refractivity contribution is 0.0845. The van der Waals surface area contributed by atoms with Crippen LogP contribution in [0.5, 0.6) is 0 Å². The van der Waals surface area contributed by atoms with Gasteiger partial charge in [0.2, 0.25) is 0 Å². The first-order valence-corrected chi connectivity index (χ1v) is 9.75. The molecule has 0 radical (unpaired) electrons. The number of unbranched alkanes of at least 4 members (excludes halogenated alkanes) is 1. The zero-order chi connectivity index (χ0) is 20.1. The molecule has 10 heteroatoms. The van der Waals surface area contributed by atoms with Crippen LogP contribution < -0.4 is 16.4 Å². The first kappa shape index (κ1) is 19.6. The lowest BCUT2D eigenvalue weighted by Crippen LogP contribution is -2.42. The molecule has 0 saturated carbocycles. The Kier molecular flexibility index (Phi) is 6.09. The summed E-state index contributed by atoms with van der Waals surface area (Å²) in [6, 6.07) is 6.78. The average molecular weight is 400 g/mol. The number of aromatic nitrogens is 4. The van der Waals surface area contributed by atoms with Crippen molar-refractivity contribution in [3.8, 4) is 0 Å². The van der Waals surface area contributed by atoms with Gasteiger partial charge in [-0.2, -0.15) is 5.10 Å². The minimum absolute atomic E-state index is 0.0738. The first-order chi connectivity index (χ1) is 13.6. The summed E-state index contributed by atoms with van der Waals surface area (Å²) in [5.74, 6) is -1.10. The van der Waals surface area contributed by atoms with Crippen LogP contribution in [0.4, 0.5) is 0 Å². The van der Waals surface area contributed by atoms with Crippen LogP contribution in [0.25, 0.3) is 10.8 Å². The number of hydrogen-bond acceptors (Lipinski definition) is 7. The Balaban J connectivity index is 1.87. The van der Waals surface area contributed by atoms with Gasteiger partial charge in [-0.1, -0.05) is 43.0 Å². The van der Waals surface area contributed by atoms with Crippen molar-refractivity contribution in [3.63, 3.8) is 0 Å². The molecule has 1 aromatic carbocycles. The Bertz CT molecular complexity index is 1070. The van der Waals surface area contributed by atoms with Crippen molar-refractivity contribution < 1.29 is 9.59 Å². The van der Waals surface area contributed by atoms with Gasteiger partial charge in [0.25, 0.3) is 17.4 Å². The molecule has 0 aliphatic carbocycles. The van der Waals surface area contributed by atoms with Crippen molar-refractivity contribution in [1.29, 1.82) is 0 Å². The van der Waals surface area contributed by atoms with Gasteiger partial charge in [0.05, 0.1) is 11.1 Å². The monoisotopic (exact) mass is 400 g/mol. The molecule has 2 amide bonds. The zero-order valence-corrected chi connectivity index (χ0v) is 16.4. The third kappa shape index (κ3) is 3.91. The number of hydrazine groups is 1. The molecule has 3 rings (SSSR count). The van der Waals surface area contributed by atoms with E-state index in [9.17, 15) is 14.4 Å². The molecule has 0 fully saturated rings. The van der Waals surface area contributed by atoms with E-state index in [2.05, 4.69) is 25.5 Å². The maximum absolute atomic E-state index is 12.7. The molecular weight excluding hydrogens is 380 g/mol. The van der Waals surface area contributed by atoms with E-state index >= 15 is 0 Å². The van der Waals surface area contributed by atoms with Crippen molar-refractivity contribution in [2.24, 2.45) is 0 Å². The van der Waals surface area contributed by atoms with E-state index in [0.29, 0.717) is 34.3 Å². The molecule has 0 aliphatic heterocycles. The standard InChI is InChI=1S/C18H20N6O3S/c1-3-5-10-24-18(27)12-9-7-6-8-11(12)14(22-24)16(25)20-21-17(26)15-13(4-2)19-23-28-15/h6-9H,3-5,10H2,1-2H3,(H,20,25)(H,21,26). The van der Waals surface area contributed by atoms with Crippen LogP contribution in [0, 0.1) is 0 Å². The molecule has 2 N–H and O–H groups in total. The summed E-state index contributed by atoms with van der Waals surface area (Å²) in [6.07, 6.45) is 2.21. The Labute approximate surface area is 164 Å². The van der Waals surface area contributed by atoms with Gasteiger partial charge in [0, 0.05) is 11.9 Å². The minimum Gasteiger partial charge on any atom is -0.267 e. The quantitative estimate of drug-likeness (QED) is 0.608. The van der Waals surface area contributed by atoms with Crippen LogP contribution >= 0.6 is 11.5 Å². The number of amides is 2. The summed E-state index contributed by atoms with van der Waals surface area (Å²) in [5, 5.41) is 8.95. The minimum atomic E-state index is -0.606. The van der Waals surface area contributed by atoms with Gasteiger partial charge in [-0.15, -0.1) is 5.10 Å². The van der Waals surface area contributed by atoms with Crippen LogP contribution in [0.2, 0.25) is 0 Å². The fourth-order valence-electron chi connectivity index (χ4n) is 2.70. The molecular formula is C18H20N6O3S. The van der Waals surface area contributed by atoms with E-state index in [1.165, 1.54) is 4.68 Å². The van der Waals surface area contributed by atoms with E-state index in [-0.39, 0.29) is 11.3 Å². The van der Waals surface area contributed by atoms with Gasteiger partial charge in [-0.3, -0.25) is 25.2 Å². The second-order valence-corrected chi connectivity index (χ2v) is 6.84. The normalized spacial score (nSPS) is 10.8. The van der Waals surface area contributed by atoms with Crippen molar-refractivity contribution in [1.82, 2.24) is 30.2 Å². The third-order valence-electron chi connectivity index (χ3n) is 4.19. The number of nitrogens with zero attached hydrogens (tertiary/aromatic N) is 4. The average Bonchev–Trinajstić information content (AvgIpc) is 3.20. The molecule has 2 aromatic heterocycles. The fraction of sp³-hybridized carbons (Fsp3) is 0.333. The molecule has 9 nitrogen and oxygen atoms in total. The molecule has 0 spiro atoms. The maximum atomic E-state index is 12.7. The van der Waals surface area contributed by atoms with Crippen LogP contribution in [-0.4, -0.2) is 31.2 Å². The Morgan fingerprint density at radius 3 is 2.54 bits per heavy atom. The zero-order valence-electron chi connectivity index (χ0n) is 15.6. The van der Waals surface area contributed by atoms with E-state index in [0.717, 1.165) is 24.4 Å². The number of nitrogens with one attached hydrogen (secondary N) is 2. The smallest absolute Gasteiger partial charge is 0.267 e. The SMILES string of the molecule is CCCCn1nc(C(=O)NNC(=O)c2snnc2CC)c2ccccc2c1=O. The van der Waals surface area contributed by atoms with Crippen LogP contribution in [0.15, 0.2) is 29.1 Å². The van der Waals surface area contributed by atoms with E-state index in [1.54, 1.807) is 24.3 Å². The summed E-state index contributed by atoms with van der Waals surface area (Å²) in [6.45, 7) is 4.29. The lowest BCUT2D eigenvalue weighted by atomic mass is 10.1. The van der Waals surface area contributed by atoms with Crippen molar-refractivity contribution in [2.45, 2.75) is 39.7 Å². The summed E-state index contributed by atoms with van der Waals surface area (Å²) in [7, 11) is 0. The molecule has 0 atom stereocenters. The van der Waals surface area contributed by atoms with Gasteiger partial charge in [0.15, 0.2) is 5.69 Å². The third-order valence-corrected chi connectivity index (χ3v) is 4.96. The number of benzene rings is 1. The van der Waals surface area contributed by atoms with Crippen LogP contribution in [0.3, 0.4) is 0 Å². The summed E-state index contributed by atoms with van der Waals surface area (Å²) in [5.41, 5.74) is 5.13. The van der Waals surface area contributed by atoms with Gasteiger partial charge in [-0.25, -0.2) is 4.68 Å². The van der Waals surface area contributed by atoms with Gasteiger partial charge in [0.1, 0.15) is 4.88 Å². The topological polar surface area (TPSA) is 119 Å². The molecule has 28 heavy (non-hydrogen) atoms. The number of hydrogen-bond donors (Lipinski definition) is 2. The number of rotatable bonds is 6. The fourth-order valence-corrected chi connectivity index (χ4v) is 3.35. The van der Waals surface area contributed by atoms with Gasteiger partial charge < -0.3 is 0 Å². The second-order valence-electron chi connectivity index (χ2n) is 6.09. The lowest BCUT2D eigenvalue weighted by Gasteiger charge is -2.11.